The molecule has 0 radical (unpaired) electrons. The zero-order chi connectivity index (χ0) is 14.7. The van der Waals surface area contributed by atoms with E-state index in [0.29, 0.717) is 5.69 Å². The summed E-state index contributed by atoms with van der Waals surface area (Å²) in [5.74, 6) is 0.0362. The first-order valence-corrected chi connectivity index (χ1v) is 8.08. The number of aryl methyl sites for hydroxylation is 1. The molecule has 0 aliphatic carbocycles. The number of carbonyl (C=O) groups is 1. The van der Waals surface area contributed by atoms with Gasteiger partial charge in [0.1, 0.15) is 5.69 Å². The number of hydrogen-bond donors (Lipinski definition) is 1. The van der Waals surface area contributed by atoms with Crippen molar-refractivity contribution in [3.05, 3.63) is 34.0 Å². The molecule has 1 aliphatic heterocycles. The van der Waals surface area contributed by atoms with Crippen molar-refractivity contribution in [1.82, 2.24) is 25.0 Å². The van der Waals surface area contributed by atoms with Gasteiger partial charge in [0.05, 0.1) is 10.7 Å². The average molecular weight is 305 g/mol. The molecular weight excluding hydrogens is 286 g/mol. The van der Waals surface area contributed by atoms with Crippen LogP contribution < -0.4 is 0 Å². The first-order chi connectivity index (χ1) is 10.3. The SMILES string of the molecule is CCc1nc(CN2CCN(C(=O)c3ccn[nH]3)CC2)cs1. The maximum atomic E-state index is 12.2. The molecular formula is C14H19N5OS. The number of nitrogens with one attached hydrogen (secondary N) is 1. The van der Waals surface area contributed by atoms with Crippen molar-refractivity contribution in [1.29, 1.82) is 0 Å². The third-order valence-electron chi connectivity index (χ3n) is 3.68. The van der Waals surface area contributed by atoms with E-state index in [0.717, 1.165) is 44.8 Å². The van der Waals surface area contributed by atoms with Crippen molar-refractivity contribution in [3.8, 4) is 0 Å². The molecule has 0 bridgehead atoms. The van der Waals surface area contributed by atoms with Crippen LogP contribution in [0.15, 0.2) is 17.6 Å². The quantitative estimate of drug-likeness (QED) is 0.927. The second-order valence-corrected chi connectivity index (χ2v) is 6.07. The van der Waals surface area contributed by atoms with Crippen LogP contribution in [0.25, 0.3) is 0 Å². The van der Waals surface area contributed by atoms with Crippen LogP contribution >= 0.6 is 11.3 Å². The Labute approximate surface area is 127 Å². The Morgan fingerprint density at radius 3 is 2.81 bits per heavy atom. The highest BCUT2D eigenvalue weighted by Crippen LogP contribution is 2.14. The molecule has 0 unspecified atom stereocenters. The van der Waals surface area contributed by atoms with Crippen molar-refractivity contribution >= 4 is 17.2 Å². The molecule has 0 saturated carbocycles. The summed E-state index contributed by atoms with van der Waals surface area (Å²) < 4.78 is 0. The highest BCUT2D eigenvalue weighted by Gasteiger charge is 2.23. The van der Waals surface area contributed by atoms with E-state index in [-0.39, 0.29) is 5.91 Å². The highest BCUT2D eigenvalue weighted by atomic mass is 32.1. The molecule has 6 nitrogen and oxygen atoms in total. The summed E-state index contributed by atoms with van der Waals surface area (Å²) in [6.07, 6.45) is 2.61. The normalized spacial score (nSPS) is 16.3. The zero-order valence-corrected chi connectivity index (χ0v) is 12.9. The van der Waals surface area contributed by atoms with Gasteiger partial charge in [0.2, 0.25) is 0 Å². The molecule has 112 valence electrons. The molecule has 3 rings (SSSR count). The molecule has 2 aromatic rings. The first-order valence-electron chi connectivity index (χ1n) is 7.20. The third kappa shape index (κ3) is 3.30. The van der Waals surface area contributed by atoms with Gasteiger partial charge in [-0.15, -0.1) is 11.3 Å². The van der Waals surface area contributed by atoms with E-state index in [1.807, 2.05) is 4.90 Å². The molecule has 1 N–H and O–H groups in total. The van der Waals surface area contributed by atoms with Gasteiger partial charge in [-0.05, 0) is 12.5 Å². The molecule has 1 saturated heterocycles. The molecule has 7 heteroatoms. The molecule has 1 amide bonds. The van der Waals surface area contributed by atoms with Crippen molar-refractivity contribution in [2.75, 3.05) is 26.2 Å². The second kappa shape index (κ2) is 6.36. The number of aromatic nitrogens is 3. The molecule has 0 spiro atoms. The Morgan fingerprint density at radius 1 is 1.38 bits per heavy atom. The van der Waals surface area contributed by atoms with Gasteiger partial charge in [-0.25, -0.2) is 4.98 Å². The first kappa shape index (κ1) is 14.2. The Hall–Kier alpha value is -1.73. The van der Waals surface area contributed by atoms with Gasteiger partial charge >= 0.3 is 0 Å². The number of piperazine rings is 1. The van der Waals surface area contributed by atoms with Crippen molar-refractivity contribution in [2.45, 2.75) is 19.9 Å². The van der Waals surface area contributed by atoms with Gasteiger partial charge in [0.25, 0.3) is 5.91 Å². The molecule has 2 aromatic heterocycles. The third-order valence-corrected chi connectivity index (χ3v) is 4.72. The van der Waals surface area contributed by atoms with Gasteiger partial charge in [0.15, 0.2) is 0 Å². The van der Waals surface area contributed by atoms with Crippen LogP contribution in [0.2, 0.25) is 0 Å². The maximum absolute atomic E-state index is 12.2. The summed E-state index contributed by atoms with van der Waals surface area (Å²) in [6, 6.07) is 1.72. The van der Waals surface area contributed by atoms with Gasteiger partial charge in [0, 0.05) is 44.3 Å². The van der Waals surface area contributed by atoms with Crippen molar-refractivity contribution in [3.63, 3.8) is 0 Å². The minimum atomic E-state index is 0.0362. The van der Waals surface area contributed by atoms with E-state index in [4.69, 9.17) is 0 Å². The van der Waals surface area contributed by atoms with E-state index in [2.05, 4.69) is 32.4 Å². The van der Waals surface area contributed by atoms with Gasteiger partial charge in [-0.3, -0.25) is 14.8 Å². The molecule has 1 fully saturated rings. The number of nitrogens with zero attached hydrogens (tertiary/aromatic N) is 4. The van der Waals surface area contributed by atoms with E-state index >= 15 is 0 Å². The summed E-state index contributed by atoms with van der Waals surface area (Å²) in [5.41, 5.74) is 1.71. The molecule has 0 atom stereocenters. The van der Waals surface area contributed by atoms with Crippen LogP contribution in [-0.2, 0) is 13.0 Å². The van der Waals surface area contributed by atoms with Crippen molar-refractivity contribution < 1.29 is 4.79 Å². The van der Waals surface area contributed by atoms with Crippen LogP contribution in [0.1, 0.15) is 28.1 Å². The number of amides is 1. The lowest BCUT2D eigenvalue weighted by molar-refractivity contribution is 0.0621. The summed E-state index contributed by atoms with van der Waals surface area (Å²) in [7, 11) is 0. The lowest BCUT2D eigenvalue weighted by Gasteiger charge is -2.34. The largest absolute Gasteiger partial charge is 0.335 e. The second-order valence-electron chi connectivity index (χ2n) is 5.12. The Morgan fingerprint density at radius 2 is 2.19 bits per heavy atom. The van der Waals surface area contributed by atoms with Crippen LogP contribution in [-0.4, -0.2) is 57.1 Å². The predicted octanol–water partition coefficient (Wildman–Crippen LogP) is 1.39. The summed E-state index contributed by atoms with van der Waals surface area (Å²) in [5, 5.41) is 9.89. The Bertz CT molecular complexity index is 586. The summed E-state index contributed by atoms with van der Waals surface area (Å²) in [4.78, 5) is 21.0. The van der Waals surface area contributed by atoms with Crippen LogP contribution in [0, 0.1) is 0 Å². The fourth-order valence-corrected chi connectivity index (χ4v) is 3.20. The number of rotatable bonds is 4. The molecule has 3 heterocycles. The van der Waals surface area contributed by atoms with E-state index in [1.54, 1.807) is 23.6 Å². The molecule has 1 aliphatic rings. The lowest BCUT2D eigenvalue weighted by atomic mass is 10.2. The zero-order valence-electron chi connectivity index (χ0n) is 12.1. The fraction of sp³-hybridized carbons (Fsp3) is 0.500. The van der Waals surface area contributed by atoms with Crippen LogP contribution in [0.5, 0.6) is 0 Å². The predicted molar refractivity (Wildman–Crippen MR) is 81.3 cm³/mol. The Kier molecular flexibility index (Phi) is 4.31. The minimum absolute atomic E-state index is 0.0362. The number of aromatic amines is 1. The lowest BCUT2D eigenvalue weighted by Crippen LogP contribution is -2.48. The van der Waals surface area contributed by atoms with Gasteiger partial charge in [-0.1, -0.05) is 6.92 Å². The van der Waals surface area contributed by atoms with Gasteiger partial charge < -0.3 is 4.90 Å². The average Bonchev–Trinajstić information content (AvgIpc) is 3.19. The standard InChI is InChI=1S/C14H19N5OS/c1-2-13-16-11(10-21-13)9-18-5-7-19(8-6-18)14(20)12-3-4-15-17-12/h3-4,10H,2,5-9H2,1H3,(H,15,17). The topological polar surface area (TPSA) is 65.1 Å². The maximum Gasteiger partial charge on any atom is 0.271 e. The molecule has 21 heavy (non-hydrogen) atoms. The minimum Gasteiger partial charge on any atom is -0.335 e. The number of H-pyrrole nitrogens is 1. The van der Waals surface area contributed by atoms with E-state index < -0.39 is 0 Å². The van der Waals surface area contributed by atoms with Crippen LogP contribution in [0.3, 0.4) is 0 Å². The summed E-state index contributed by atoms with van der Waals surface area (Å²) in [6.45, 7) is 6.29. The van der Waals surface area contributed by atoms with Crippen LogP contribution in [0.4, 0.5) is 0 Å². The van der Waals surface area contributed by atoms with Gasteiger partial charge in [-0.2, -0.15) is 5.10 Å². The summed E-state index contributed by atoms with van der Waals surface area (Å²) >= 11 is 1.73. The fourth-order valence-electron chi connectivity index (χ4n) is 2.47. The molecule has 0 aromatic carbocycles. The van der Waals surface area contributed by atoms with E-state index in [9.17, 15) is 4.79 Å². The van der Waals surface area contributed by atoms with E-state index in [1.165, 1.54) is 5.01 Å². The monoisotopic (exact) mass is 305 g/mol. The highest BCUT2D eigenvalue weighted by molar-refractivity contribution is 7.09. The van der Waals surface area contributed by atoms with Crippen molar-refractivity contribution in [2.24, 2.45) is 0 Å². The number of carbonyl (C=O) groups excluding carboxylic acids is 1. The number of hydrogen-bond acceptors (Lipinski definition) is 5. The number of thiazole rings is 1. The Balaban J connectivity index is 1.52. The smallest absolute Gasteiger partial charge is 0.271 e.